The Bertz CT molecular complexity index is 1520. The fourth-order valence-electron chi connectivity index (χ4n) is 4.37. The molecule has 1 unspecified atom stereocenters. The molecule has 7 nitrogen and oxygen atoms in total. The maximum atomic E-state index is 13.7. The van der Waals surface area contributed by atoms with Crippen LogP contribution in [0.2, 0.25) is 0 Å². The van der Waals surface area contributed by atoms with Crippen LogP contribution in [-0.4, -0.2) is 34.2 Å². The van der Waals surface area contributed by atoms with E-state index in [4.69, 9.17) is 14.5 Å². The van der Waals surface area contributed by atoms with Gasteiger partial charge in [0.2, 0.25) is 6.79 Å². The highest BCUT2D eigenvalue weighted by molar-refractivity contribution is 5.95. The van der Waals surface area contributed by atoms with Crippen LogP contribution in [-0.2, 0) is 5.41 Å². The number of hydrogen-bond donors (Lipinski definition) is 0. The SMILES string of the molecule is CC(c1nc2ccccc2c(=O)n1-c1ccc(C(C)(C)C)cc1)N(C)C(=O)c1ccc2c(c1)OCO2. The fourth-order valence-corrected chi connectivity index (χ4v) is 4.37. The normalized spacial score (nSPS) is 13.6. The molecule has 3 aromatic carbocycles. The van der Waals surface area contributed by atoms with Gasteiger partial charge in [0.25, 0.3) is 11.5 Å². The van der Waals surface area contributed by atoms with Crippen molar-refractivity contribution in [1.29, 1.82) is 0 Å². The number of rotatable bonds is 4. The van der Waals surface area contributed by atoms with Crippen LogP contribution in [0.5, 0.6) is 11.5 Å². The highest BCUT2D eigenvalue weighted by Crippen LogP contribution is 2.33. The third-order valence-corrected chi connectivity index (χ3v) is 6.69. The molecule has 5 rings (SSSR count). The minimum absolute atomic E-state index is 0.0154. The van der Waals surface area contributed by atoms with Crippen LogP contribution in [0.25, 0.3) is 16.6 Å². The Labute approximate surface area is 209 Å². The number of aromatic nitrogens is 2. The molecule has 0 saturated carbocycles. The van der Waals surface area contributed by atoms with E-state index in [1.54, 1.807) is 40.8 Å². The highest BCUT2D eigenvalue weighted by atomic mass is 16.7. The number of carbonyl (C=O) groups is 1. The van der Waals surface area contributed by atoms with E-state index in [1.165, 1.54) is 0 Å². The molecule has 1 aliphatic heterocycles. The van der Waals surface area contributed by atoms with Gasteiger partial charge in [0.15, 0.2) is 11.5 Å². The Balaban J connectivity index is 1.60. The molecular weight excluding hydrogens is 454 g/mol. The average Bonchev–Trinajstić information content (AvgIpc) is 3.35. The summed E-state index contributed by atoms with van der Waals surface area (Å²) in [6.07, 6.45) is 0. The first-order valence-corrected chi connectivity index (χ1v) is 11.9. The molecule has 1 amide bonds. The van der Waals surface area contributed by atoms with E-state index < -0.39 is 6.04 Å². The van der Waals surface area contributed by atoms with E-state index in [-0.39, 0.29) is 23.7 Å². The molecule has 1 aromatic heterocycles. The van der Waals surface area contributed by atoms with Crippen molar-refractivity contribution in [3.05, 3.63) is 94.0 Å². The van der Waals surface area contributed by atoms with Gasteiger partial charge >= 0.3 is 0 Å². The first kappa shape index (κ1) is 23.6. The lowest BCUT2D eigenvalue weighted by Crippen LogP contribution is -2.35. The van der Waals surface area contributed by atoms with Gasteiger partial charge in [-0.2, -0.15) is 0 Å². The third-order valence-electron chi connectivity index (χ3n) is 6.69. The summed E-state index contributed by atoms with van der Waals surface area (Å²) in [4.78, 5) is 33.6. The van der Waals surface area contributed by atoms with Crippen LogP contribution in [0.3, 0.4) is 0 Å². The van der Waals surface area contributed by atoms with Gasteiger partial charge in [0.05, 0.1) is 22.6 Å². The smallest absolute Gasteiger partial charge is 0.266 e. The van der Waals surface area contributed by atoms with Crippen molar-refractivity contribution in [3.63, 3.8) is 0 Å². The first-order valence-electron chi connectivity index (χ1n) is 11.9. The monoisotopic (exact) mass is 483 g/mol. The Kier molecular flexibility index (Phi) is 5.79. The van der Waals surface area contributed by atoms with E-state index in [0.717, 1.165) is 5.56 Å². The number of benzene rings is 3. The zero-order valence-electron chi connectivity index (χ0n) is 21.1. The minimum atomic E-state index is -0.498. The summed E-state index contributed by atoms with van der Waals surface area (Å²) in [6.45, 7) is 8.46. The van der Waals surface area contributed by atoms with Crippen LogP contribution >= 0.6 is 0 Å². The van der Waals surface area contributed by atoms with Crippen molar-refractivity contribution in [1.82, 2.24) is 14.5 Å². The molecular formula is C29H29N3O4. The Morgan fingerprint density at radius 2 is 1.69 bits per heavy atom. The van der Waals surface area contributed by atoms with E-state index in [1.807, 2.05) is 49.4 Å². The molecule has 0 radical (unpaired) electrons. The molecule has 1 atom stereocenters. The van der Waals surface area contributed by atoms with Crippen LogP contribution in [0.1, 0.15) is 55.5 Å². The lowest BCUT2D eigenvalue weighted by atomic mass is 9.87. The maximum Gasteiger partial charge on any atom is 0.266 e. The lowest BCUT2D eigenvalue weighted by molar-refractivity contribution is 0.0734. The van der Waals surface area contributed by atoms with Gasteiger partial charge in [0, 0.05) is 12.6 Å². The van der Waals surface area contributed by atoms with E-state index in [9.17, 15) is 9.59 Å². The predicted octanol–water partition coefficient (Wildman–Crippen LogP) is 5.25. The van der Waals surface area contributed by atoms with E-state index >= 15 is 0 Å². The molecule has 0 saturated heterocycles. The Morgan fingerprint density at radius 1 is 1.00 bits per heavy atom. The molecule has 4 aromatic rings. The summed E-state index contributed by atoms with van der Waals surface area (Å²) >= 11 is 0. The van der Waals surface area contributed by atoms with Gasteiger partial charge in [-0.3, -0.25) is 14.2 Å². The molecule has 1 aliphatic rings. The molecule has 7 heteroatoms. The fraction of sp³-hybridized carbons (Fsp3) is 0.276. The summed E-state index contributed by atoms with van der Waals surface area (Å²) in [7, 11) is 1.71. The summed E-state index contributed by atoms with van der Waals surface area (Å²) in [5, 5.41) is 0.526. The lowest BCUT2D eigenvalue weighted by Gasteiger charge is -2.27. The van der Waals surface area contributed by atoms with E-state index in [2.05, 4.69) is 20.8 Å². The van der Waals surface area contributed by atoms with Crippen molar-refractivity contribution >= 4 is 16.8 Å². The van der Waals surface area contributed by atoms with Gasteiger partial charge in [-0.05, 0) is 60.4 Å². The standard InChI is InChI=1S/C29H29N3O4/c1-18(31(5)27(33)19-10-15-24-25(16-19)36-17-35-24)26-30-23-9-7-6-8-22(23)28(34)32(26)21-13-11-20(12-14-21)29(2,3)4/h6-16,18H,17H2,1-5H3. The topological polar surface area (TPSA) is 73.7 Å². The molecule has 2 heterocycles. The molecule has 0 fully saturated rings. The average molecular weight is 484 g/mol. The Morgan fingerprint density at radius 3 is 2.42 bits per heavy atom. The van der Waals surface area contributed by atoms with Gasteiger partial charge < -0.3 is 14.4 Å². The number of ether oxygens (including phenoxy) is 2. The first-order chi connectivity index (χ1) is 17.1. The number of para-hydroxylation sites is 1. The molecule has 36 heavy (non-hydrogen) atoms. The zero-order chi connectivity index (χ0) is 25.6. The number of carbonyl (C=O) groups excluding carboxylic acids is 1. The minimum Gasteiger partial charge on any atom is -0.454 e. The van der Waals surface area contributed by atoms with Gasteiger partial charge in [0.1, 0.15) is 5.82 Å². The van der Waals surface area contributed by atoms with Crippen molar-refractivity contribution in [2.75, 3.05) is 13.8 Å². The number of hydrogen-bond acceptors (Lipinski definition) is 5. The number of amides is 1. The van der Waals surface area contributed by atoms with Gasteiger partial charge in [-0.15, -0.1) is 0 Å². The second kappa shape index (κ2) is 8.82. The molecule has 0 N–H and O–H groups in total. The van der Waals surface area contributed by atoms with Crippen LogP contribution < -0.4 is 15.0 Å². The second-order valence-corrected chi connectivity index (χ2v) is 10.1. The number of nitrogens with zero attached hydrogens (tertiary/aromatic N) is 3. The van der Waals surface area contributed by atoms with Crippen LogP contribution in [0, 0.1) is 0 Å². The summed E-state index contributed by atoms with van der Waals surface area (Å²) in [6, 6.07) is 19.9. The maximum absolute atomic E-state index is 13.7. The summed E-state index contributed by atoms with van der Waals surface area (Å²) in [5.74, 6) is 1.43. The van der Waals surface area contributed by atoms with E-state index in [0.29, 0.717) is 39.5 Å². The quantitative estimate of drug-likeness (QED) is 0.397. The summed E-state index contributed by atoms with van der Waals surface area (Å²) in [5.41, 5.74) is 2.75. The largest absolute Gasteiger partial charge is 0.454 e. The van der Waals surface area contributed by atoms with Crippen molar-refractivity contribution in [2.45, 2.75) is 39.2 Å². The summed E-state index contributed by atoms with van der Waals surface area (Å²) < 4.78 is 12.4. The third kappa shape index (κ3) is 4.11. The number of fused-ring (bicyclic) bond motifs is 2. The molecule has 0 bridgehead atoms. The van der Waals surface area contributed by atoms with Gasteiger partial charge in [-0.1, -0.05) is 45.0 Å². The van der Waals surface area contributed by atoms with Crippen LogP contribution in [0.15, 0.2) is 71.5 Å². The van der Waals surface area contributed by atoms with Gasteiger partial charge in [-0.25, -0.2) is 4.98 Å². The highest BCUT2D eigenvalue weighted by Gasteiger charge is 2.26. The van der Waals surface area contributed by atoms with Crippen molar-refractivity contribution < 1.29 is 14.3 Å². The molecule has 0 spiro atoms. The predicted molar refractivity (Wildman–Crippen MR) is 139 cm³/mol. The molecule has 0 aliphatic carbocycles. The van der Waals surface area contributed by atoms with Crippen molar-refractivity contribution in [3.8, 4) is 17.2 Å². The zero-order valence-corrected chi connectivity index (χ0v) is 21.1. The second-order valence-electron chi connectivity index (χ2n) is 10.1. The Hall–Kier alpha value is -4.13. The van der Waals surface area contributed by atoms with Crippen molar-refractivity contribution in [2.24, 2.45) is 0 Å². The molecule has 184 valence electrons. The van der Waals surface area contributed by atoms with Crippen LogP contribution in [0.4, 0.5) is 0 Å².